The third kappa shape index (κ3) is 8.82. The normalized spacial score (nSPS) is 16.1. The Morgan fingerprint density at radius 3 is 2.75 bits per heavy atom. The highest BCUT2D eigenvalue weighted by atomic mass is 32.2. The Kier molecular flexibility index (Phi) is 8.42. The minimum atomic E-state index is -0.648. The van der Waals surface area contributed by atoms with E-state index in [0.29, 0.717) is 13.0 Å². The largest absolute Gasteiger partial charge is 0.409 e. The molecule has 0 saturated carbocycles. The van der Waals surface area contributed by atoms with Crippen molar-refractivity contribution in [1.29, 1.82) is 0 Å². The summed E-state index contributed by atoms with van der Waals surface area (Å²) in [7, 11) is 0. The topological polar surface area (TPSA) is 90.9 Å². The van der Waals surface area contributed by atoms with Gasteiger partial charge in [0.1, 0.15) is 5.84 Å². The molecule has 0 aromatic rings. The third-order valence-corrected chi connectivity index (χ3v) is 3.04. The van der Waals surface area contributed by atoms with Gasteiger partial charge in [0.05, 0.1) is 5.60 Å². The van der Waals surface area contributed by atoms with Gasteiger partial charge in [-0.15, -0.1) is 0 Å². The van der Waals surface area contributed by atoms with Crippen molar-refractivity contribution in [3.8, 4) is 0 Å². The number of oxime groups is 1. The molecule has 0 radical (unpaired) electrons. The van der Waals surface area contributed by atoms with E-state index in [2.05, 4.69) is 10.5 Å². The summed E-state index contributed by atoms with van der Waals surface area (Å²) < 4.78 is 0. The van der Waals surface area contributed by atoms with Gasteiger partial charge in [-0.2, -0.15) is 11.8 Å². The van der Waals surface area contributed by atoms with E-state index >= 15 is 0 Å². The summed E-state index contributed by atoms with van der Waals surface area (Å²) >= 11 is 1.63. The molecule has 0 aliphatic heterocycles. The van der Waals surface area contributed by atoms with Gasteiger partial charge < -0.3 is 21.4 Å². The van der Waals surface area contributed by atoms with Gasteiger partial charge in [-0.05, 0) is 32.6 Å². The number of nitrogens with zero attached hydrogens (tertiary/aromatic N) is 1. The summed E-state index contributed by atoms with van der Waals surface area (Å²) in [4.78, 5) is 0. The van der Waals surface area contributed by atoms with Crippen LogP contribution in [-0.4, -0.2) is 46.8 Å². The fourth-order valence-corrected chi connectivity index (χ4v) is 2.05. The Hall–Kier alpha value is -0.460. The summed E-state index contributed by atoms with van der Waals surface area (Å²) in [6.07, 6.45) is 4.42. The molecule has 0 bridgehead atoms. The van der Waals surface area contributed by atoms with Crippen LogP contribution in [0.25, 0.3) is 0 Å². The molecule has 0 rings (SSSR count). The SMILES string of the molecule is CSCC(C)(O)CNCCCCC(N)=NO. The van der Waals surface area contributed by atoms with Gasteiger partial charge in [0.25, 0.3) is 0 Å². The molecule has 1 atom stereocenters. The van der Waals surface area contributed by atoms with E-state index in [0.717, 1.165) is 25.1 Å². The molecule has 5 nitrogen and oxygen atoms in total. The van der Waals surface area contributed by atoms with Gasteiger partial charge in [-0.25, -0.2) is 0 Å². The minimum absolute atomic E-state index is 0.273. The van der Waals surface area contributed by atoms with Crippen LogP contribution in [-0.2, 0) is 0 Å². The van der Waals surface area contributed by atoms with E-state index in [-0.39, 0.29) is 5.84 Å². The molecule has 6 heteroatoms. The highest BCUT2D eigenvalue weighted by Crippen LogP contribution is 2.08. The number of unbranched alkanes of at least 4 members (excludes halogenated alkanes) is 1. The lowest BCUT2D eigenvalue weighted by atomic mass is 10.1. The number of amidine groups is 1. The van der Waals surface area contributed by atoms with Crippen LogP contribution in [0.2, 0.25) is 0 Å². The zero-order valence-electron chi connectivity index (χ0n) is 10.1. The molecule has 0 aliphatic rings. The molecular weight excluding hydrogens is 226 g/mol. The van der Waals surface area contributed by atoms with E-state index in [9.17, 15) is 5.11 Å². The zero-order chi connectivity index (χ0) is 12.4. The van der Waals surface area contributed by atoms with Gasteiger partial charge in [0, 0.05) is 18.7 Å². The first-order valence-corrected chi connectivity index (χ1v) is 6.79. The Bertz CT molecular complexity index is 210. The summed E-state index contributed by atoms with van der Waals surface area (Å²) in [5, 5.41) is 24.3. The smallest absolute Gasteiger partial charge is 0.139 e. The molecule has 1 unspecified atom stereocenters. The molecule has 0 fully saturated rings. The van der Waals surface area contributed by atoms with Crippen molar-refractivity contribution in [1.82, 2.24) is 5.32 Å². The average molecular weight is 249 g/mol. The lowest BCUT2D eigenvalue weighted by Gasteiger charge is -2.22. The first-order chi connectivity index (χ1) is 7.52. The predicted octanol–water partition coefficient (Wildman–Crippen LogP) is 0.607. The first-order valence-electron chi connectivity index (χ1n) is 5.40. The van der Waals surface area contributed by atoms with Crippen LogP contribution in [0.5, 0.6) is 0 Å². The maximum Gasteiger partial charge on any atom is 0.139 e. The van der Waals surface area contributed by atoms with Gasteiger partial charge in [0.2, 0.25) is 0 Å². The Morgan fingerprint density at radius 2 is 2.19 bits per heavy atom. The second kappa shape index (κ2) is 8.66. The van der Waals surface area contributed by atoms with Crippen LogP contribution in [0, 0.1) is 0 Å². The maximum atomic E-state index is 9.84. The quantitative estimate of drug-likeness (QED) is 0.158. The number of aliphatic hydroxyl groups is 1. The summed E-state index contributed by atoms with van der Waals surface area (Å²) in [5.41, 5.74) is 4.69. The molecule has 0 aromatic carbocycles. The second-order valence-corrected chi connectivity index (χ2v) is 5.02. The van der Waals surface area contributed by atoms with Gasteiger partial charge >= 0.3 is 0 Å². The predicted molar refractivity (Wildman–Crippen MR) is 69.1 cm³/mol. The van der Waals surface area contributed by atoms with Crippen molar-refractivity contribution in [2.24, 2.45) is 10.9 Å². The van der Waals surface area contributed by atoms with Crippen LogP contribution in [0.15, 0.2) is 5.16 Å². The van der Waals surface area contributed by atoms with Crippen molar-refractivity contribution < 1.29 is 10.3 Å². The molecule has 96 valence electrons. The van der Waals surface area contributed by atoms with E-state index in [4.69, 9.17) is 10.9 Å². The second-order valence-electron chi connectivity index (χ2n) is 4.16. The summed E-state index contributed by atoms with van der Waals surface area (Å²) in [6, 6.07) is 0. The number of nitrogens with one attached hydrogen (secondary N) is 1. The third-order valence-electron chi connectivity index (χ3n) is 2.13. The fourth-order valence-electron chi connectivity index (χ4n) is 1.33. The number of hydrogen-bond acceptors (Lipinski definition) is 5. The van der Waals surface area contributed by atoms with E-state index < -0.39 is 5.60 Å². The van der Waals surface area contributed by atoms with Gasteiger partial charge in [-0.3, -0.25) is 0 Å². The van der Waals surface area contributed by atoms with Crippen LogP contribution in [0.4, 0.5) is 0 Å². The molecule has 0 aliphatic carbocycles. The molecule has 0 saturated heterocycles. The molecule has 0 heterocycles. The van der Waals surface area contributed by atoms with Crippen LogP contribution >= 0.6 is 11.8 Å². The standard InChI is InChI=1S/C10H23N3O2S/c1-10(14,8-16-2)7-12-6-4-3-5-9(11)13-15/h12,14-15H,3-8H2,1-2H3,(H2,11,13). The van der Waals surface area contributed by atoms with Crippen molar-refractivity contribution in [2.75, 3.05) is 25.1 Å². The van der Waals surface area contributed by atoms with Crippen molar-refractivity contribution in [2.45, 2.75) is 31.8 Å². The van der Waals surface area contributed by atoms with Crippen LogP contribution in [0.1, 0.15) is 26.2 Å². The van der Waals surface area contributed by atoms with Crippen molar-refractivity contribution in [3.05, 3.63) is 0 Å². The van der Waals surface area contributed by atoms with Crippen molar-refractivity contribution in [3.63, 3.8) is 0 Å². The van der Waals surface area contributed by atoms with Gasteiger partial charge in [0.15, 0.2) is 0 Å². The number of nitrogens with two attached hydrogens (primary N) is 1. The highest BCUT2D eigenvalue weighted by molar-refractivity contribution is 7.98. The maximum absolute atomic E-state index is 9.84. The Labute approximate surface area is 101 Å². The fraction of sp³-hybridized carbons (Fsp3) is 0.900. The Balaban J connectivity index is 3.40. The molecule has 0 spiro atoms. The minimum Gasteiger partial charge on any atom is -0.409 e. The molecule has 16 heavy (non-hydrogen) atoms. The number of hydrogen-bond donors (Lipinski definition) is 4. The molecule has 5 N–H and O–H groups in total. The highest BCUT2D eigenvalue weighted by Gasteiger charge is 2.18. The first kappa shape index (κ1) is 15.5. The van der Waals surface area contributed by atoms with E-state index in [1.807, 2.05) is 13.2 Å². The Morgan fingerprint density at radius 1 is 1.50 bits per heavy atom. The van der Waals surface area contributed by atoms with Crippen LogP contribution in [0.3, 0.4) is 0 Å². The lowest BCUT2D eigenvalue weighted by molar-refractivity contribution is 0.0850. The van der Waals surface area contributed by atoms with Crippen molar-refractivity contribution >= 4 is 17.6 Å². The zero-order valence-corrected chi connectivity index (χ0v) is 10.9. The monoisotopic (exact) mass is 249 g/mol. The van der Waals surface area contributed by atoms with Gasteiger partial charge in [-0.1, -0.05) is 5.16 Å². The van der Waals surface area contributed by atoms with E-state index in [1.54, 1.807) is 11.8 Å². The molecule has 0 aromatic heterocycles. The summed E-state index contributed by atoms with van der Waals surface area (Å²) in [5.74, 6) is 0.999. The number of thioether (sulfide) groups is 1. The average Bonchev–Trinajstić information content (AvgIpc) is 2.22. The molecule has 0 amide bonds. The summed E-state index contributed by atoms with van der Waals surface area (Å²) in [6.45, 7) is 3.26. The van der Waals surface area contributed by atoms with Crippen LogP contribution < -0.4 is 11.1 Å². The number of rotatable bonds is 9. The lowest BCUT2D eigenvalue weighted by Crippen LogP contribution is -2.40. The van der Waals surface area contributed by atoms with E-state index in [1.165, 1.54) is 0 Å². The molecular formula is C10H23N3O2S.